The molecule has 0 saturated heterocycles. The highest BCUT2D eigenvalue weighted by Crippen LogP contribution is 2.30. The normalized spacial score (nSPS) is 10.2. The largest absolute Gasteiger partial charge is 0.496 e. The molecule has 0 fully saturated rings. The number of hydrogen-bond donors (Lipinski definition) is 0. The van der Waals surface area contributed by atoms with Gasteiger partial charge in [-0.1, -0.05) is 60.7 Å². The first kappa shape index (κ1) is 30.0. The van der Waals surface area contributed by atoms with Gasteiger partial charge in [0.1, 0.15) is 29.9 Å². The van der Waals surface area contributed by atoms with E-state index in [1.807, 2.05) is 71.4 Å². The summed E-state index contributed by atoms with van der Waals surface area (Å²) in [5.41, 5.74) is 7.37. The van der Waals surface area contributed by atoms with Gasteiger partial charge in [0.15, 0.2) is 5.82 Å². The van der Waals surface area contributed by atoms with Crippen molar-refractivity contribution in [3.8, 4) is 18.1 Å². The molecule has 3 aromatic carbocycles. The van der Waals surface area contributed by atoms with Crippen LogP contribution in [0.15, 0.2) is 73.1 Å². The van der Waals surface area contributed by atoms with Crippen molar-refractivity contribution in [1.29, 1.82) is 0 Å². The Kier molecular flexibility index (Phi) is 10.9. The molecule has 5 aromatic rings. The van der Waals surface area contributed by atoms with Crippen molar-refractivity contribution in [3.05, 3.63) is 100 Å². The van der Waals surface area contributed by atoms with Crippen molar-refractivity contribution in [3.63, 3.8) is 0 Å². The van der Waals surface area contributed by atoms with E-state index in [1.165, 1.54) is 5.56 Å². The molecule has 7 nitrogen and oxygen atoms in total. The lowest BCUT2D eigenvalue weighted by molar-refractivity contribution is 0.303. The molecule has 0 amide bonds. The van der Waals surface area contributed by atoms with Gasteiger partial charge in [-0.15, -0.1) is 0 Å². The van der Waals surface area contributed by atoms with E-state index < -0.39 is 0 Å². The Morgan fingerprint density at radius 2 is 1.70 bits per heavy atom. The molecular formula is C33H40N5O2+. The van der Waals surface area contributed by atoms with Gasteiger partial charge in [-0.3, -0.25) is 4.40 Å². The van der Waals surface area contributed by atoms with Gasteiger partial charge in [0.05, 0.1) is 23.8 Å². The molecule has 0 unspecified atom stereocenters. The molecule has 2 heterocycles. The van der Waals surface area contributed by atoms with E-state index in [9.17, 15) is 0 Å². The Hall–Kier alpha value is -4.57. The zero-order valence-electron chi connectivity index (χ0n) is 24.7. The molecule has 40 heavy (non-hydrogen) atoms. The summed E-state index contributed by atoms with van der Waals surface area (Å²) in [4.78, 5) is 14.9. The Morgan fingerprint density at radius 1 is 1.00 bits per heavy atom. The third-order valence-electron chi connectivity index (χ3n) is 6.27. The smallest absolute Gasteiger partial charge is 0.260 e. The maximum atomic E-state index is 6.01. The molecule has 7 heteroatoms. The van der Waals surface area contributed by atoms with Crippen LogP contribution in [-0.4, -0.2) is 35.1 Å². The summed E-state index contributed by atoms with van der Waals surface area (Å²) in [7, 11) is 3.74. The topological polar surface area (TPSA) is 56.2 Å². The number of benzene rings is 3. The lowest BCUT2D eigenvalue weighted by Gasteiger charge is -2.22. The second-order valence-electron chi connectivity index (χ2n) is 9.08. The van der Waals surface area contributed by atoms with Crippen LogP contribution >= 0.6 is 0 Å². The van der Waals surface area contributed by atoms with Crippen molar-refractivity contribution in [1.82, 2.24) is 14.4 Å². The molecule has 2 aromatic heterocycles. The SMILES string of the molecule is C#[N+]CC.CC.COc1cc(OCc2ccc(C)cc2)ccc1CN(C)c1nc2ccccc2n2cnc(C)c12. The molecule has 0 N–H and O–H groups in total. The first-order valence-electron chi connectivity index (χ1n) is 13.6. The molecule has 208 valence electrons. The molecule has 0 bridgehead atoms. The summed E-state index contributed by atoms with van der Waals surface area (Å²) >= 11 is 0. The van der Waals surface area contributed by atoms with Crippen LogP contribution in [0.4, 0.5) is 5.82 Å². The lowest BCUT2D eigenvalue weighted by Crippen LogP contribution is -2.19. The van der Waals surface area contributed by atoms with E-state index in [2.05, 4.69) is 69.0 Å². The average molecular weight is 539 g/mol. The number of para-hydroxylation sites is 2. The number of nitrogens with zero attached hydrogens (tertiary/aromatic N) is 5. The number of aromatic nitrogens is 3. The van der Waals surface area contributed by atoms with Gasteiger partial charge in [0.25, 0.3) is 13.1 Å². The van der Waals surface area contributed by atoms with Crippen molar-refractivity contribution >= 4 is 22.4 Å². The standard InChI is InChI=1S/C28H28N4O2.C3H6N.C2H6/c1-19-9-11-21(12-10-19)17-34-23-14-13-22(26(15-23)33-4)16-31(3)28-27-20(2)29-18-32(27)25-8-6-5-7-24(25)30-28;1-3-4-2;1-2/h5-15,18H,16-17H2,1-4H3;2H,3H2,1H3;1-2H3/q;+1;. The first-order valence-corrected chi connectivity index (χ1v) is 13.6. The summed E-state index contributed by atoms with van der Waals surface area (Å²) < 4.78 is 13.8. The number of methoxy groups -OCH3 is 1. The second-order valence-corrected chi connectivity index (χ2v) is 9.08. The number of ether oxygens (including phenoxy) is 2. The van der Waals surface area contributed by atoms with Gasteiger partial charge in [-0.05, 0) is 43.7 Å². The van der Waals surface area contributed by atoms with Crippen molar-refractivity contribution < 1.29 is 9.47 Å². The average Bonchev–Trinajstić information content (AvgIpc) is 3.39. The lowest BCUT2D eigenvalue weighted by atomic mass is 10.1. The van der Waals surface area contributed by atoms with Gasteiger partial charge < -0.3 is 14.4 Å². The molecule has 0 aliphatic rings. The first-order chi connectivity index (χ1) is 19.4. The Morgan fingerprint density at radius 3 is 2.38 bits per heavy atom. The monoisotopic (exact) mass is 538 g/mol. The summed E-state index contributed by atoms with van der Waals surface area (Å²) in [6.45, 7) is 16.5. The summed E-state index contributed by atoms with van der Waals surface area (Å²) in [5, 5.41) is 0. The molecular weight excluding hydrogens is 498 g/mol. The van der Waals surface area contributed by atoms with Crippen molar-refractivity contribution in [2.45, 2.75) is 47.8 Å². The summed E-state index contributed by atoms with van der Waals surface area (Å²) in [6, 6.07) is 22.5. The van der Waals surface area contributed by atoms with Crippen molar-refractivity contribution in [2.75, 3.05) is 25.6 Å². The zero-order chi connectivity index (χ0) is 29.1. The quantitative estimate of drug-likeness (QED) is 0.212. The van der Waals surface area contributed by atoms with Crippen LogP contribution in [0, 0.1) is 20.4 Å². The van der Waals surface area contributed by atoms with Crippen LogP contribution in [0.25, 0.3) is 21.4 Å². The summed E-state index contributed by atoms with van der Waals surface area (Å²) in [5.74, 6) is 2.45. The number of aryl methyl sites for hydroxylation is 2. The molecule has 0 aliphatic carbocycles. The molecule has 5 rings (SSSR count). The Labute approximate surface area is 237 Å². The third kappa shape index (κ3) is 7.09. The third-order valence-corrected chi connectivity index (χ3v) is 6.27. The highest BCUT2D eigenvalue weighted by molar-refractivity contribution is 5.85. The van der Waals surface area contributed by atoms with Crippen LogP contribution in [-0.2, 0) is 13.2 Å². The van der Waals surface area contributed by atoms with Crippen LogP contribution in [0.2, 0.25) is 0 Å². The molecule has 0 saturated carbocycles. The minimum atomic E-state index is 0.516. The van der Waals surface area contributed by atoms with E-state index in [1.54, 1.807) is 7.11 Å². The number of rotatable bonds is 7. The molecule has 0 atom stereocenters. The fraction of sp³-hybridized carbons (Fsp3) is 0.303. The highest BCUT2D eigenvalue weighted by Gasteiger charge is 2.17. The van der Waals surface area contributed by atoms with E-state index in [4.69, 9.17) is 14.5 Å². The number of anilines is 1. The number of hydrogen-bond acceptors (Lipinski definition) is 5. The second kappa shape index (κ2) is 14.5. The van der Waals surface area contributed by atoms with Gasteiger partial charge in [0.2, 0.25) is 0 Å². The minimum Gasteiger partial charge on any atom is -0.496 e. The van der Waals surface area contributed by atoms with Crippen LogP contribution in [0.3, 0.4) is 0 Å². The predicted molar refractivity (Wildman–Crippen MR) is 166 cm³/mol. The van der Waals surface area contributed by atoms with E-state index in [0.717, 1.165) is 57.2 Å². The number of imidazole rings is 1. The van der Waals surface area contributed by atoms with Crippen LogP contribution in [0.1, 0.15) is 43.2 Å². The van der Waals surface area contributed by atoms with Crippen molar-refractivity contribution in [2.24, 2.45) is 0 Å². The highest BCUT2D eigenvalue weighted by atomic mass is 16.5. The molecule has 0 spiro atoms. The fourth-order valence-electron chi connectivity index (χ4n) is 4.21. The van der Waals surface area contributed by atoms with Gasteiger partial charge in [-0.2, -0.15) is 0 Å². The number of fused-ring (bicyclic) bond motifs is 3. The Bertz CT molecular complexity index is 1570. The maximum Gasteiger partial charge on any atom is 0.260 e. The van der Waals surface area contributed by atoms with Crippen LogP contribution in [0.5, 0.6) is 11.5 Å². The fourth-order valence-corrected chi connectivity index (χ4v) is 4.21. The van der Waals surface area contributed by atoms with E-state index in [-0.39, 0.29) is 0 Å². The zero-order valence-corrected chi connectivity index (χ0v) is 24.7. The van der Waals surface area contributed by atoms with Gasteiger partial charge >= 0.3 is 0 Å². The predicted octanol–water partition coefficient (Wildman–Crippen LogP) is 7.72. The molecule has 0 aliphatic heterocycles. The van der Waals surface area contributed by atoms with Gasteiger partial charge in [0, 0.05) is 32.1 Å². The summed E-state index contributed by atoms with van der Waals surface area (Å²) in [6.07, 6.45) is 1.87. The minimum absolute atomic E-state index is 0.516. The van der Waals surface area contributed by atoms with E-state index >= 15 is 0 Å². The van der Waals surface area contributed by atoms with Gasteiger partial charge in [-0.25, -0.2) is 9.97 Å². The van der Waals surface area contributed by atoms with Crippen LogP contribution < -0.4 is 14.4 Å². The maximum absolute atomic E-state index is 6.01. The Balaban J connectivity index is 0.000000677. The molecule has 0 radical (unpaired) electrons. The van der Waals surface area contributed by atoms with E-state index in [0.29, 0.717) is 13.2 Å².